The van der Waals surface area contributed by atoms with Crippen molar-refractivity contribution in [2.24, 2.45) is 0 Å². The molecule has 2 fully saturated rings. The molecule has 8 heteroatoms. The van der Waals surface area contributed by atoms with Crippen LogP contribution in [-0.2, 0) is 22.6 Å². The number of benzene rings is 1. The molecule has 2 aliphatic rings. The van der Waals surface area contributed by atoms with Gasteiger partial charge in [-0.3, -0.25) is 19.3 Å². The van der Waals surface area contributed by atoms with E-state index in [1.54, 1.807) is 29.2 Å². The Balaban J connectivity index is 1.30. The maximum atomic E-state index is 13.4. The van der Waals surface area contributed by atoms with Gasteiger partial charge in [0.25, 0.3) is 0 Å². The lowest BCUT2D eigenvalue weighted by molar-refractivity contribution is -0.135. The van der Waals surface area contributed by atoms with E-state index < -0.39 is 0 Å². The number of amides is 2. The monoisotopic (exact) mass is 461 g/mol. The van der Waals surface area contributed by atoms with Crippen molar-refractivity contribution in [1.29, 1.82) is 0 Å². The van der Waals surface area contributed by atoms with Crippen LogP contribution in [0.2, 0.25) is 0 Å². The highest BCUT2D eigenvalue weighted by Crippen LogP contribution is 2.24. The summed E-state index contributed by atoms with van der Waals surface area (Å²) >= 11 is 0. The molecule has 2 amide bonds. The molecule has 176 valence electrons. The van der Waals surface area contributed by atoms with Gasteiger partial charge in [-0.2, -0.15) is 5.10 Å². The number of carbonyl (C=O) groups excluding carboxylic acids is 2. The number of halogens is 1. The molecule has 5 rings (SSSR count). The van der Waals surface area contributed by atoms with Crippen molar-refractivity contribution in [3.05, 3.63) is 71.9 Å². The highest BCUT2D eigenvalue weighted by molar-refractivity contribution is 5.79. The Hall–Kier alpha value is -3.55. The van der Waals surface area contributed by atoms with Crippen molar-refractivity contribution in [1.82, 2.24) is 24.6 Å². The van der Waals surface area contributed by atoms with Gasteiger partial charge in [0.15, 0.2) is 0 Å². The molecule has 4 heterocycles. The number of hydrogen-bond donors (Lipinski definition) is 0. The second-order valence-corrected chi connectivity index (χ2v) is 9.02. The van der Waals surface area contributed by atoms with Gasteiger partial charge in [0, 0.05) is 62.2 Å². The molecule has 2 aromatic heterocycles. The standard InChI is InChI=1S/C26H28FN5O2/c27-21-5-3-19(4-6-21)16-23-17-24(20-7-11-28-12-8-20)29-32(23)18-26(34)30-14-9-22(10-15-30)31-13-1-2-25(31)33/h3-8,11-12,17,22H,1-2,9-10,13-16,18H2. The highest BCUT2D eigenvalue weighted by atomic mass is 19.1. The summed E-state index contributed by atoms with van der Waals surface area (Å²) in [6.07, 6.45) is 7.21. The van der Waals surface area contributed by atoms with Gasteiger partial charge < -0.3 is 9.80 Å². The SMILES string of the molecule is O=C(Cn1nc(-c2ccncc2)cc1Cc1ccc(F)cc1)N1CCC(N2CCCC2=O)CC1. The first-order chi connectivity index (χ1) is 16.6. The van der Waals surface area contributed by atoms with Crippen LogP contribution in [0.5, 0.6) is 0 Å². The molecule has 34 heavy (non-hydrogen) atoms. The maximum Gasteiger partial charge on any atom is 0.244 e. The van der Waals surface area contributed by atoms with Gasteiger partial charge in [-0.15, -0.1) is 0 Å². The van der Waals surface area contributed by atoms with Gasteiger partial charge in [-0.1, -0.05) is 12.1 Å². The lowest BCUT2D eigenvalue weighted by atomic mass is 10.0. The Morgan fingerprint density at radius 1 is 1.03 bits per heavy atom. The number of rotatable bonds is 6. The van der Waals surface area contributed by atoms with Crippen molar-refractivity contribution in [3.8, 4) is 11.3 Å². The summed E-state index contributed by atoms with van der Waals surface area (Å²) < 4.78 is 15.1. The quantitative estimate of drug-likeness (QED) is 0.565. The van der Waals surface area contributed by atoms with Crippen molar-refractivity contribution >= 4 is 11.8 Å². The predicted molar refractivity (Wildman–Crippen MR) is 125 cm³/mol. The Morgan fingerprint density at radius 2 is 1.76 bits per heavy atom. The second kappa shape index (κ2) is 9.75. The van der Waals surface area contributed by atoms with Crippen molar-refractivity contribution in [2.75, 3.05) is 19.6 Å². The summed E-state index contributed by atoms with van der Waals surface area (Å²) in [5.74, 6) is -0.00438. The molecule has 0 N–H and O–H groups in total. The molecular formula is C26H28FN5O2. The fourth-order valence-electron chi connectivity index (χ4n) is 4.92. The normalized spacial score (nSPS) is 16.9. The summed E-state index contributed by atoms with van der Waals surface area (Å²) in [7, 11) is 0. The molecule has 1 aromatic carbocycles. The van der Waals surface area contributed by atoms with E-state index in [4.69, 9.17) is 5.10 Å². The van der Waals surface area contributed by atoms with Crippen LogP contribution < -0.4 is 0 Å². The molecule has 0 atom stereocenters. The number of pyridine rings is 1. The largest absolute Gasteiger partial charge is 0.341 e. The van der Waals surface area contributed by atoms with Gasteiger partial charge in [0.05, 0.1) is 5.69 Å². The summed E-state index contributed by atoms with van der Waals surface area (Å²) in [5, 5.41) is 4.73. The van der Waals surface area contributed by atoms with E-state index in [1.807, 2.05) is 28.0 Å². The summed E-state index contributed by atoms with van der Waals surface area (Å²) in [4.78, 5) is 33.2. The minimum Gasteiger partial charge on any atom is -0.341 e. The molecule has 0 bridgehead atoms. The van der Waals surface area contributed by atoms with E-state index in [-0.39, 0.29) is 30.2 Å². The van der Waals surface area contributed by atoms with Crippen LogP contribution in [0.3, 0.4) is 0 Å². The van der Waals surface area contributed by atoms with E-state index in [2.05, 4.69) is 4.98 Å². The lowest BCUT2D eigenvalue weighted by Gasteiger charge is -2.36. The average molecular weight is 462 g/mol. The van der Waals surface area contributed by atoms with Crippen LogP contribution in [0.25, 0.3) is 11.3 Å². The molecule has 0 radical (unpaired) electrons. The van der Waals surface area contributed by atoms with Crippen LogP contribution in [0.4, 0.5) is 4.39 Å². The van der Waals surface area contributed by atoms with Crippen LogP contribution in [-0.4, -0.2) is 62.1 Å². The first-order valence-electron chi connectivity index (χ1n) is 11.9. The van der Waals surface area contributed by atoms with Crippen LogP contribution >= 0.6 is 0 Å². The van der Waals surface area contributed by atoms with Gasteiger partial charge >= 0.3 is 0 Å². The molecule has 3 aromatic rings. The molecule has 0 spiro atoms. The van der Waals surface area contributed by atoms with E-state index >= 15 is 0 Å². The Bertz CT molecular complexity index is 1150. The molecule has 0 saturated carbocycles. The second-order valence-electron chi connectivity index (χ2n) is 9.02. The van der Waals surface area contributed by atoms with E-state index in [9.17, 15) is 14.0 Å². The molecular weight excluding hydrogens is 433 g/mol. The minimum atomic E-state index is -0.274. The topological polar surface area (TPSA) is 71.3 Å². The molecule has 7 nitrogen and oxygen atoms in total. The van der Waals surface area contributed by atoms with Crippen molar-refractivity contribution in [2.45, 2.75) is 44.7 Å². The third kappa shape index (κ3) is 4.85. The zero-order valence-electron chi connectivity index (χ0n) is 19.1. The maximum absolute atomic E-state index is 13.4. The Labute approximate surface area is 198 Å². The van der Waals surface area contributed by atoms with E-state index in [1.165, 1.54) is 12.1 Å². The van der Waals surface area contributed by atoms with Crippen molar-refractivity contribution in [3.63, 3.8) is 0 Å². The van der Waals surface area contributed by atoms with Crippen LogP contribution in [0, 0.1) is 5.82 Å². The molecule has 2 aliphatic heterocycles. The number of aromatic nitrogens is 3. The Kier molecular flexibility index (Phi) is 6.38. The third-order valence-corrected chi connectivity index (χ3v) is 6.79. The molecule has 0 aliphatic carbocycles. The number of hydrogen-bond acceptors (Lipinski definition) is 4. The highest BCUT2D eigenvalue weighted by Gasteiger charge is 2.32. The van der Waals surface area contributed by atoms with Gasteiger partial charge in [0.1, 0.15) is 12.4 Å². The molecule has 0 unspecified atom stereocenters. The van der Waals surface area contributed by atoms with Gasteiger partial charge in [-0.25, -0.2) is 4.39 Å². The lowest BCUT2D eigenvalue weighted by Crippen LogP contribution is -2.47. The van der Waals surface area contributed by atoms with E-state index in [0.717, 1.165) is 48.3 Å². The number of likely N-dealkylation sites (tertiary alicyclic amines) is 2. The number of carbonyl (C=O) groups is 2. The average Bonchev–Trinajstić information content (AvgIpc) is 3.47. The fourth-order valence-corrected chi connectivity index (χ4v) is 4.92. The number of nitrogens with zero attached hydrogens (tertiary/aromatic N) is 5. The minimum absolute atomic E-state index is 0.0240. The first-order valence-corrected chi connectivity index (χ1v) is 11.9. The zero-order valence-corrected chi connectivity index (χ0v) is 19.1. The summed E-state index contributed by atoms with van der Waals surface area (Å²) in [6, 6.07) is 12.4. The van der Waals surface area contributed by atoms with Crippen LogP contribution in [0.15, 0.2) is 54.9 Å². The van der Waals surface area contributed by atoms with E-state index in [0.29, 0.717) is 25.9 Å². The smallest absolute Gasteiger partial charge is 0.244 e. The zero-order chi connectivity index (χ0) is 23.5. The van der Waals surface area contributed by atoms with Gasteiger partial charge in [0.2, 0.25) is 11.8 Å². The Morgan fingerprint density at radius 3 is 2.44 bits per heavy atom. The van der Waals surface area contributed by atoms with Gasteiger partial charge in [-0.05, 0) is 55.2 Å². The molecule has 2 saturated heterocycles. The summed E-state index contributed by atoms with van der Waals surface area (Å²) in [6.45, 7) is 2.29. The fraction of sp³-hybridized carbons (Fsp3) is 0.385. The summed E-state index contributed by atoms with van der Waals surface area (Å²) in [5.41, 5.74) is 3.55. The number of piperidine rings is 1. The predicted octanol–water partition coefficient (Wildman–Crippen LogP) is 3.29. The van der Waals surface area contributed by atoms with Crippen molar-refractivity contribution < 1.29 is 14.0 Å². The first kappa shape index (κ1) is 22.3. The van der Waals surface area contributed by atoms with Crippen LogP contribution in [0.1, 0.15) is 36.9 Å². The third-order valence-electron chi connectivity index (χ3n) is 6.79.